The molecule has 3 amide bonds. The van der Waals surface area contributed by atoms with Gasteiger partial charge in [-0.05, 0) is 92.2 Å². The molecule has 1 atom stereocenters. The van der Waals surface area contributed by atoms with Crippen LogP contribution < -0.4 is 20.7 Å². The van der Waals surface area contributed by atoms with Crippen molar-refractivity contribution in [1.82, 2.24) is 5.32 Å². The maximum Gasteiger partial charge on any atom is 0.272 e. The molecule has 0 fully saturated rings. The largest absolute Gasteiger partial charge is 0.494 e. The molecule has 4 aromatic rings. The summed E-state index contributed by atoms with van der Waals surface area (Å²) >= 11 is 4.78. The highest BCUT2D eigenvalue weighted by atomic mass is 79.9. The minimum Gasteiger partial charge on any atom is -0.494 e. The Morgan fingerprint density at radius 2 is 1.57 bits per heavy atom. The van der Waals surface area contributed by atoms with E-state index in [0.717, 1.165) is 20.7 Å². The predicted octanol–water partition coefficient (Wildman–Crippen LogP) is 7.38. The number of anilines is 2. The number of hydrogen-bond acceptors (Lipinski definition) is 5. The molecule has 4 rings (SSSR count). The summed E-state index contributed by atoms with van der Waals surface area (Å²) in [6, 6.07) is 30.5. The monoisotopic (exact) mass is 643 g/mol. The highest BCUT2D eigenvalue weighted by Gasteiger charge is 2.17. The lowest BCUT2D eigenvalue weighted by atomic mass is 10.1. The molecule has 4 aromatic carbocycles. The molecule has 3 N–H and O–H groups in total. The summed E-state index contributed by atoms with van der Waals surface area (Å²) in [5, 5.41) is 8.13. The molecule has 0 bridgehead atoms. The molecular weight excluding hydrogens is 614 g/mol. The Bertz CT molecular complexity index is 1560. The van der Waals surface area contributed by atoms with E-state index >= 15 is 0 Å². The number of amides is 3. The van der Waals surface area contributed by atoms with E-state index in [-0.39, 0.29) is 11.6 Å². The number of ether oxygens (including phenoxy) is 1. The van der Waals surface area contributed by atoms with Gasteiger partial charge in [-0.25, -0.2) is 0 Å². The average molecular weight is 645 g/mol. The predicted molar refractivity (Wildman–Crippen MR) is 173 cm³/mol. The SMILES string of the molecule is CCOc1ccc(NC(=O)C(C)Sc2cccc(NC(=O)/C(=C/c3ccc(Br)cc3)NC(=O)c3ccccc3)c2)cc1. The number of hydrogen-bond donors (Lipinski definition) is 3. The summed E-state index contributed by atoms with van der Waals surface area (Å²) in [5.41, 5.74) is 2.47. The number of benzene rings is 4. The van der Waals surface area contributed by atoms with Gasteiger partial charge in [-0.15, -0.1) is 11.8 Å². The maximum absolute atomic E-state index is 13.4. The highest BCUT2D eigenvalue weighted by Crippen LogP contribution is 2.27. The van der Waals surface area contributed by atoms with Crippen LogP contribution >= 0.6 is 27.7 Å². The molecule has 0 aliphatic heterocycles. The van der Waals surface area contributed by atoms with Gasteiger partial charge in [-0.1, -0.05) is 52.3 Å². The van der Waals surface area contributed by atoms with E-state index < -0.39 is 17.1 Å². The van der Waals surface area contributed by atoms with Crippen LogP contribution in [0.1, 0.15) is 29.8 Å². The van der Waals surface area contributed by atoms with E-state index in [2.05, 4.69) is 31.9 Å². The summed E-state index contributed by atoms with van der Waals surface area (Å²) in [6.45, 7) is 4.31. The third-order valence-corrected chi connectivity index (χ3v) is 7.54. The number of thioether (sulfide) groups is 1. The van der Waals surface area contributed by atoms with Crippen molar-refractivity contribution in [2.75, 3.05) is 17.2 Å². The number of carbonyl (C=O) groups is 3. The van der Waals surface area contributed by atoms with Gasteiger partial charge in [0.05, 0.1) is 11.9 Å². The first-order chi connectivity index (χ1) is 20.3. The minimum atomic E-state index is -0.481. The molecule has 0 aliphatic rings. The standard InChI is InChI=1S/C33H30BrN3O4S/c1-3-41-28-18-16-26(17-19-28)35-31(38)22(2)42-29-11-7-10-27(21-29)36-33(40)30(20-23-12-14-25(34)15-13-23)37-32(39)24-8-5-4-6-9-24/h4-22H,3H2,1-2H3,(H,35,38)(H,36,40)(H,37,39)/b30-20-. The average Bonchev–Trinajstić information content (AvgIpc) is 2.99. The van der Waals surface area contributed by atoms with Crippen LogP contribution in [0.5, 0.6) is 5.75 Å². The van der Waals surface area contributed by atoms with Gasteiger partial charge in [-0.2, -0.15) is 0 Å². The Kier molecular flexibility index (Phi) is 11.0. The van der Waals surface area contributed by atoms with E-state index in [1.807, 2.05) is 62.4 Å². The fraction of sp³-hybridized carbons (Fsp3) is 0.121. The second-order valence-electron chi connectivity index (χ2n) is 9.12. The van der Waals surface area contributed by atoms with E-state index in [1.54, 1.807) is 60.7 Å². The summed E-state index contributed by atoms with van der Waals surface area (Å²) in [6.07, 6.45) is 1.62. The molecule has 9 heteroatoms. The lowest BCUT2D eigenvalue weighted by molar-refractivity contribution is -0.115. The van der Waals surface area contributed by atoms with Crippen LogP contribution in [0.3, 0.4) is 0 Å². The Balaban J connectivity index is 1.44. The van der Waals surface area contributed by atoms with Gasteiger partial charge in [-0.3, -0.25) is 14.4 Å². The summed E-state index contributed by atoms with van der Waals surface area (Å²) in [7, 11) is 0. The van der Waals surface area contributed by atoms with Crippen molar-refractivity contribution >= 4 is 62.9 Å². The van der Waals surface area contributed by atoms with Crippen molar-refractivity contribution < 1.29 is 19.1 Å². The summed E-state index contributed by atoms with van der Waals surface area (Å²) in [5.74, 6) is -0.287. The molecule has 214 valence electrons. The van der Waals surface area contributed by atoms with Crippen molar-refractivity contribution in [1.29, 1.82) is 0 Å². The Morgan fingerprint density at radius 1 is 0.857 bits per heavy atom. The molecule has 0 heterocycles. The fourth-order valence-electron chi connectivity index (χ4n) is 3.82. The number of carbonyl (C=O) groups excluding carboxylic acids is 3. The van der Waals surface area contributed by atoms with Crippen molar-refractivity contribution in [3.63, 3.8) is 0 Å². The Hall–Kier alpha value is -4.34. The first-order valence-corrected chi connectivity index (χ1v) is 14.9. The number of rotatable bonds is 11. The topological polar surface area (TPSA) is 96.5 Å². The van der Waals surface area contributed by atoms with Gasteiger partial charge in [0, 0.05) is 26.3 Å². The van der Waals surface area contributed by atoms with Gasteiger partial charge in [0.15, 0.2) is 0 Å². The smallest absolute Gasteiger partial charge is 0.272 e. The first kappa shape index (κ1) is 30.6. The van der Waals surface area contributed by atoms with Gasteiger partial charge in [0.2, 0.25) is 5.91 Å². The van der Waals surface area contributed by atoms with E-state index in [0.29, 0.717) is 23.5 Å². The number of halogens is 1. The van der Waals surface area contributed by atoms with Gasteiger partial charge < -0.3 is 20.7 Å². The second-order valence-corrected chi connectivity index (χ2v) is 11.4. The van der Waals surface area contributed by atoms with Crippen LogP contribution in [-0.2, 0) is 9.59 Å². The highest BCUT2D eigenvalue weighted by molar-refractivity contribution is 9.10. The van der Waals surface area contributed by atoms with E-state index in [4.69, 9.17) is 4.74 Å². The molecule has 0 saturated heterocycles. The molecule has 1 unspecified atom stereocenters. The maximum atomic E-state index is 13.4. The van der Waals surface area contributed by atoms with Crippen LogP contribution in [0.2, 0.25) is 0 Å². The first-order valence-electron chi connectivity index (χ1n) is 13.3. The van der Waals surface area contributed by atoms with Crippen LogP contribution in [0.15, 0.2) is 118 Å². The molecule has 0 radical (unpaired) electrons. The van der Waals surface area contributed by atoms with Crippen molar-refractivity contribution in [2.24, 2.45) is 0 Å². The molecule has 0 spiro atoms. The summed E-state index contributed by atoms with van der Waals surface area (Å²) in [4.78, 5) is 39.9. The zero-order valence-corrected chi connectivity index (χ0v) is 25.5. The second kappa shape index (κ2) is 15.0. The van der Waals surface area contributed by atoms with Crippen LogP contribution in [0.25, 0.3) is 6.08 Å². The van der Waals surface area contributed by atoms with E-state index in [1.165, 1.54) is 11.8 Å². The molecular formula is C33H30BrN3O4S. The Labute approximate surface area is 257 Å². The lowest BCUT2D eigenvalue weighted by Crippen LogP contribution is -2.30. The van der Waals surface area contributed by atoms with Crippen molar-refractivity contribution in [2.45, 2.75) is 24.0 Å². The van der Waals surface area contributed by atoms with Gasteiger partial charge in [0.25, 0.3) is 11.8 Å². The Morgan fingerprint density at radius 3 is 2.26 bits per heavy atom. The molecule has 0 aromatic heterocycles. The van der Waals surface area contributed by atoms with Gasteiger partial charge >= 0.3 is 0 Å². The molecule has 0 saturated carbocycles. The van der Waals surface area contributed by atoms with Gasteiger partial charge in [0.1, 0.15) is 11.4 Å². The zero-order chi connectivity index (χ0) is 29.9. The summed E-state index contributed by atoms with van der Waals surface area (Å²) < 4.78 is 6.34. The third-order valence-electron chi connectivity index (χ3n) is 5.92. The van der Waals surface area contributed by atoms with Crippen LogP contribution in [0, 0.1) is 0 Å². The zero-order valence-electron chi connectivity index (χ0n) is 23.1. The molecule has 7 nitrogen and oxygen atoms in total. The molecule has 42 heavy (non-hydrogen) atoms. The normalized spacial score (nSPS) is 11.7. The molecule has 0 aliphatic carbocycles. The van der Waals surface area contributed by atoms with E-state index in [9.17, 15) is 14.4 Å². The third kappa shape index (κ3) is 9.09. The van der Waals surface area contributed by atoms with Crippen LogP contribution in [-0.4, -0.2) is 29.6 Å². The fourth-order valence-corrected chi connectivity index (χ4v) is 5.01. The van der Waals surface area contributed by atoms with Crippen molar-refractivity contribution in [3.8, 4) is 5.75 Å². The number of nitrogens with one attached hydrogen (secondary N) is 3. The van der Waals surface area contributed by atoms with Crippen LogP contribution in [0.4, 0.5) is 11.4 Å². The van der Waals surface area contributed by atoms with Crippen molar-refractivity contribution in [3.05, 3.63) is 124 Å². The lowest BCUT2D eigenvalue weighted by Gasteiger charge is -2.14. The quantitative estimate of drug-likeness (QED) is 0.117. The minimum absolute atomic E-state index is 0.0901.